The van der Waals surface area contributed by atoms with Gasteiger partial charge in [-0.05, 0) is 12.1 Å². The van der Waals surface area contributed by atoms with E-state index in [0.29, 0.717) is 4.90 Å². The highest BCUT2D eigenvalue weighted by atomic mass is 35.5. The molecule has 0 aliphatic carbocycles. The van der Waals surface area contributed by atoms with Gasteiger partial charge in [0.25, 0.3) is 5.91 Å². The summed E-state index contributed by atoms with van der Waals surface area (Å²) < 4.78 is 10.2. The molecule has 1 N–H and O–H groups in total. The van der Waals surface area contributed by atoms with Crippen LogP contribution in [0.15, 0.2) is 24.4 Å². The molecule has 2 amide bonds. The van der Waals surface area contributed by atoms with Crippen LogP contribution in [-0.2, 0) is 0 Å². The molecule has 1 heterocycles. The molecule has 0 radical (unpaired) electrons. The second kappa shape index (κ2) is 7.77. The minimum Gasteiger partial charge on any atom is -0.495 e. The second-order valence-corrected chi connectivity index (χ2v) is 5.69. The predicted molar refractivity (Wildman–Crippen MR) is 93.6 cm³/mol. The first-order valence-electron chi connectivity index (χ1n) is 6.60. The molecule has 2 aromatic rings. The first kappa shape index (κ1) is 19.1. The average molecular weight is 406 g/mol. The molecule has 2 rings (SSSR count). The SMILES string of the molecule is COc1cc(OC)c(Cl)c(N(C(=O)O)C(=O)c2ccc(Cl)nc2)c1Cl. The number of halogens is 3. The molecular weight excluding hydrogens is 395 g/mol. The van der Waals surface area contributed by atoms with Crippen LogP contribution in [0, 0.1) is 0 Å². The zero-order valence-corrected chi connectivity index (χ0v) is 15.2. The Morgan fingerprint density at radius 3 is 2.04 bits per heavy atom. The number of hydrogen-bond donors (Lipinski definition) is 1. The molecule has 0 unspecified atom stereocenters. The molecule has 10 heteroatoms. The zero-order valence-electron chi connectivity index (χ0n) is 12.9. The smallest absolute Gasteiger partial charge is 0.419 e. The van der Waals surface area contributed by atoms with E-state index in [1.165, 1.54) is 32.4 Å². The van der Waals surface area contributed by atoms with Gasteiger partial charge in [0, 0.05) is 12.3 Å². The monoisotopic (exact) mass is 404 g/mol. The maximum Gasteiger partial charge on any atom is 0.419 e. The van der Waals surface area contributed by atoms with Crippen LogP contribution >= 0.6 is 34.8 Å². The van der Waals surface area contributed by atoms with Crippen molar-refractivity contribution in [3.63, 3.8) is 0 Å². The molecule has 1 aromatic carbocycles. The van der Waals surface area contributed by atoms with E-state index in [2.05, 4.69) is 4.98 Å². The molecule has 0 aliphatic heterocycles. The number of carbonyl (C=O) groups excluding carboxylic acids is 1. The first-order chi connectivity index (χ1) is 11.8. The second-order valence-electron chi connectivity index (χ2n) is 4.55. The Balaban J connectivity index is 2.67. The normalized spacial score (nSPS) is 10.3. The lowest BCUT2D eigenvalue weighted by atomic mass is 10.2. The van der Waals surface area contributed by atoms with Crippen LogP contribution in [-0.4, -0.2) is 36.3 Å². The van der Waals surface area contributed by atoms with E-state index in [4.69, 9.17) is 44.3 Å². The van der Waals surface area contributed by atoms with Crippen molar-refractivity contribution >= 4 is 52.5 Å². The number of carbonyl (C=O) groups is 2. The van der Waals surface area contributed by atoms with E-state index in [1.54, 1.807) is 0 Å². The number of amides is 2. The summed E-state index contributed by atoms with van der Waals surface area (Å²) in [5, 5.41) is 9.38. The van der Waals surface area contributed by atoms with Crippen molar-refractivity contribution in [1.29, 1.82) is 0 Å². The van der Waals surface area contributed by atoms with Gasteiger partial charge in [0.2, 0.25) is 0 Å². The van der Waals surface area contributed by atoms with Gasteiger partial charge in [0.1, 0.15) is 32.4 Å². The summed E-state index contributed by atoms with van der Waals surface area (Å²) >= 11 is 18.0. The van der Waals surface area contributed by atoms with Crippen LogP contribution in [0.25, 0.3) is 0 Å². The molecule has 7 nitrogen and oxygen atoms in total. The number of anilines is 1. The van der Waals surface area contributed by atoms with E-state index in [1.807, 2.05) is 0 Å². The van der Waals surface area contributed by atoms with Crippen molar-refractivity contribution in [2.24, 2.45) is 0 Å². The van der Waals surface area contributed by atoms with Gasteiger partial charge >= 0.3 is 6.09 Å². The number of ether oxygens (including phenoxy) is 2. The van der Waals surface area contributed by atoms with E-state index < -0.39 is 12.0 Å². The van der Waals surface area contributed by atoms with E-state index in [9.17, 15) is 14.7 Å². The van der Waals surface area contributed by atoms with Crippen molar-refractivity contribution in [2.75, 3.05) is 19.1 Å². The van der Waals surface area contributed by atoms with Gasteiger partial charge < -0.3 is 14.6 Å². The van der Waals surface area contributed by atoms with E-state index in [0.717, 1.165) is 6.20 Å². The predicted octanol–water partition coefficient (Wildman–Crippen LogP) is 4.38. The van der Waals surface area contributed by atoms with Crippen molar-refractivity contribution in [2.45, 2.75) is 0 Å². The Hall–Kier alpha value is -2.22. The highest BCUT2D eigenvalue weighted by molar-refractivity contribution is 6.43. The number of imide groups is 1. The molecule has 0 spiro atoms. The Morgan fingerprint density at radius 1 is 1.08 bits per heavy atom. The number of pyridine rings is 1. The van der Waals surface area contributed by atoms with Gasteiger partial charge in [-0.15, -0.1) is 0 Å². The van der Waals surface area contributed by atoms with Crippen LogP contribution in [0.2, 0.25) is 15.2 Å². The number of rotatable bonds is 4. The minimum atomic E-state index is -1.60. The highest BCUT2D eigenvalue weighted by Gasteiger charge is 2.32. The van der Waals surface area contributed by atoms with Gasteiger partial charge in [-0.3, -0.25) is 4.79 Å². The summed E-state index contributed by atoms with van der Waals surface area (Å²) in [6.45, 7) is 0. The molecule has 132 valence electrons. The molecule has 0 atom stereocenters. The zero-order chi connectivity index (χ0) is 18.7. The Labute approximate surface area is 157 Å². The number of benzene rings is 1. The molecule has 0 saturated heterocycles. The van der Waals surface area contributed by atoms with Crippen molar-refractivity contribution in [3.05, 3.63) is 45.2 Å². The number of carboxylic acid groups (broad SMARTS) is 1. The lowest BCUT2D eigenvalue weighted by Gasteiger charge is -2.22. The standard InChI is InChI=1S/C15H11Cl3N2O5/c1-24-8-5-9(25-2)12(18)13(11(8)17)20(15(22)23)14(21)7-3-4-10(16)19-6-7/h3-6H,1-2H3,(H,22,23). The van der Waals surface area contributed by atoms with Gasteiger partial charge in [-0.1, -0.05) is 34.8 Å². The first-order valence-corrected chi connectivity index (χ1v) is 7.74. The molecule has 25 heavy (non-hydrogen) atoms. The van der Waals surface area contributed by atoms with Gasteiger partial charge in [0.15, 0.2) is 0 Å². The molecule has 0 saturated carbocycles. The number of aromatic nitrogens is 1. The molecule has 0 bridgehead atoms. The van der Waals surface area contributed by atoms with Crippen LogP contribution in [0.1, 0.15) is 10.4 Å². The summed E-state index contributed by atoms with van der Waals surface area (Å²) in [6.07, 6.45) is -0.459. The molecule has 0 fully saturated rings. The fourth-order valence-corrected chi connectivity index (χ4v) is 2.77. The maximum absolute atomic E-state index is 12.7. The number of methoxy groups -OCH3 is 2. The van der Waals surface area contributed by atoms with Crippen molar-refractivity contribution in [3.8, 4) is 11.5 Å². The fourth-order valence-electron chi connectivity index (χ4n) is 1.98. The van der Waals surface area contributed by atoms with Crippen LogP contribution in [0.4, 0.5) is 10.5 Å². The molecule has 0 aliphatic rings. The molecule has 1 aromatic heterocycles. The van der Waals surface area contributed by atoms with Gasteiger partial charge in [0.05, 0.1) is 19.8 Å². The number of nitrogens with zero attached hydrogens (tertiary/aromatic N) is 2. The minimum absolute atomic E-state index is 0.0271. The highest BCUT2D eigenvalue weighted by Crippen LogP contribution is 2.46. The van der Waals surface area contributed by atoms with Gasteiger partial charge in [-0.2, -0.15) is 0 Å². The Morgan fingerprint density at radius 2 is 1.64 bits per heavy atom. The van der Waals surface area contributed by atoms with Crippen molar-refractivity contribution < 1.29 is 24.2 Å². The van der Waals surface area contributed by atoms with E-state index >= 15 is 0 Å². The van der Waals surface area contributed by atoms with Gasteiger partial charge in [-0.25, -0.2) is 14.7 Å². The van der Waals surface area contributed by atoms with E-state index in [-0.39, 0.29) is 37.9 Å². The summed E-state index contributed by atoms with van der Waals surface area (Å²) in [6, 6.07) is 4.06. The van der Waals surface area contributed by atoms with Crippen molar-refractivity contribution in [1.82, 2.24) is 4.98 Å². The van der Waals surface area contributed by atoms with Crippen LogP contribution < -0.4 is 14.4 Å². The topological polar surface area (TPSA) is 89.0 Å². The summed E-state index contributed by atoms with van der Waals surface area (Å²) in [5.41, 5.74) is -0.312. The lowest BCUT2D eigenvalue weighted by molar-refractivity contribution is 0.0983. The summed E-state index contributed by atoms with van der Waals surface area (Å²) in [5.74, 6) is -0.742. The Bertz CT molecular complexity index is 799. The summed E-state index contributed by atoms with van der Waals surface area (Å²) in [4.78, 5) is 28.6. The van der Waals surface area contributed by atoms with Crippen LogP contribution in [0.5, 0.6) is 11.5 Å². The third-order valence-corrected chi connectivity index (χ3v) is 4.10. The Kier molecular flexibility index (Phi) is 5.94. The largest absolute Gasteiger partial charge is 0.495 e. The third-order valence-electron chi connectivity index (χ3n) is 3.14. The number of hydrogen-bond acceptors (Lipinski definition) is 5. The third kappa shape index (κ3) is 3.73. The van der Waals surface area contributed by atoms with Crippen LogP contribution in [0.3, 0.4) is 0 Å². The fraction of sp³-hybridized carbons (Fsp3) is 0.133. The summed E-state index contributed by atoms with van der Waals surface area (Å²) in [7, 11) is 2.66. The average Bonchev–Trinajstić information content (AvgIpc) is 2.58. The quantitative estimate of drug-likeness (QED) is 0.759. The molecular formula is C15H11Cl3N2O5. The lowest BCUT2D eigenvalue weighted by Crippen LogP contribution is -2.36. The maximum atomic E-state index is 12.7.